The molecule has 1 aromatic carbocycles. The first-order chi connectivity index (χ1) is 12.7. The summed E-state index contributed by atoms with van der Waals surface area (Å²) in [6.07, 6.45) is 10.9. The third kappa shape index (κ3) is 2.69. The van der Waals surface area contributed by atoms with E-state index >= 15 is 0 Å². The molecule has 4 aliphatic rings. The maximum absolute atomic E-state index is 12.1. The Morgan fingerprint density at radius 2 is 1.81 bits per heavy atom. The molecule has 2 aliphatic carbocycles. The van der Waals surface area contributed by atoms with E-state index in [4.69, 9.17) is 4.74 Å². The van der Waals surface area contributed by atoms with Crippen molar-refractivity contribution in [3.63, 3.8) is 0 Å². The summed E-state index contributed by atoms with van der Waals surface area (Å²) in [5.74, 6) is 0.0170. The Kier molecular flexibility index (Phi) is 4.09. The molecule has 4 fully saturated rings. The molecular formula is C22H30N2O2. The molecule has 140 valence electrons. The summed E-state index contributed by atoms with van der Waals surface area (Å²) in [7, 11) is 0. The van der Waals surface area contributed by atoms with Crippen molar-refractivity contribution in [1.29, 1.82) is 0 Å². The Balaban J connectivity index is 1.32. The van der Waals surface area contributed by atoms with Crippen molar-refractivity contribution in [1.82, 2.24) is 10.2 Å². The molecule has 2 saturated heterocycles. The smallest absolute Gasteiger partial charge is 0.246 e. The van der Waals surface area contributed by atoms with E-state index in [0.717, 1.165) is 25.6 Å². The summed E-state index contributed by atoms with van der Waals surface area (Å²) >= 11 is 0. The van der Waals surface area contributed by atoms with Gasteiger partial charge in [0.05, 0.1) is 11.6 Å². The Morgan fingerprint density at radius 3 is 2.58 bits per heavy atom. The Hall–Kier alpha value is -1.39. The fourth-order valence-electron chi connectivity index (χ4n) is 6.12. The number of carbonyl (C=O) groups is 1. The molecule has 0 bridgehead atoms. The van der Waals surface area contributed by atoms with Crippen LogP contribution in [-0.2, 0) is 15.1 Å². The van der Waals surface area contributed by atoms with Gasteiger partial charge in [-0.15, -0.1) is 0 Å². The van der Waals surface area contributed by atoms with Crippen LogP contribution in [0.25, 0.3) is 0 Å². The second-order valence-corrected chi connectivity index (χ2v) is 9.05. The number of hydrogen-bond donors (Lipinski definition) is 1. The predicted octanol–water partition coefficient (Wildman–Crippen LogP) is 3.22. The lowest BCUT2D eigenvalue weighted by Crippen LogP contribution is -2.68. The lowest BCUT2D eigenvalue weighted by atomic mass is 9.57. The van der Waals surface area contributed by atoms with Gasteiger partial charge in [-0.1, -0.05) is 49.6 Å². The van der Waals surface area contributed by atoms with Gasteiger partial charge in [0.15, 0.2) is 0 Å². The Morgan fingerprint density at radius 1 is 1.04 bits per heavy atom. The van der Waals surface area contributed by atoms with Gasteiger partial charge in [-0.25, -0.2) is 0 Å². The van der Waals surface area contributed by atoms with Crippen LogP contribution in [0.15, 0.2) is 30.3 Å². The summed E-state index contributed by atoms with van der Waals surface area (Å²) in [5.41, 5.74) is 1.51. The fourth-order valence-corrected chi connectivity index (χ4v) is 6.12. The van der Waals surface area contributed by atoms with Gasteiger partial charge in [-0.2, -0.15) is 0 Å². The van der Waals surface area contributed by atoms with Gasteiger partial charge in [0.25, 0.3) is 0 Å². The second kappa shape index (κ2) is 6.35. The lowest BCUT2D eigenvalue weighted by Gasteiger charge is -2.58. The van der Waals surface area contributed by atoms with Crippen molar-refractivity contribution in [2.24, 2.45) is 5.41 Å². The van der Waals surface area contributed by atoms with Crippen molar-refractivity contribution >= 4 is 5.91 Å². The molecule has 1 N–H and O–H groups in total. The minimum atomic E-state index is -0.348. The molecule has 26 heavy (non-hydrogen) atoms. The molecule has 5 rings (SSSR count). The van der Waals surface area contributed by atoms with E-state index in [9.17, 15) is 4.79 Å². The molecular weight excluding hydrogens is 324 g/mol. The van der Waals surface area contributed by atoms with Crippen LogP contribution in [0.5, 0.6) is 0 Å². The zero-order chi connectivity index (χ0) is 17.6. The highest BCUT2D eigenvalue weighted by molar-refractivity contribution is 5.79. The van der Waals surface area contributed by atoms with Crippen LogP contribution in [0.4, 0.5) is 0 Å². The van der Waals surface area contributed by atoms with E-state index in [1.165, 1.54) is 50.5 Å². The number of carbonyl (C=O) groups excluding carboxylic acids is 1. The molecule has 1 spiro atoms. The highest BCUT2D eigenvalue weighted by Crippen LogP contribution is 2.54. The van der Waals surface area contributed by atoms with Gasteiger partial charge < -0.3 is 10.1 Å². The topological polar surface area (TPSA) is 41.6 Å². The van der Waals surface area contributed by atoms with E-state index in [1.54, 1.807) is 0 Å². The van der Waals surface area contributed by atoms with Crippen molar-refractivity contribution in [2.75, 3.05) is 19.7 Å². The minimum absolute atomic E-state index is 0.0170. The van der Waals surface area contributed by atoms with E-state index in [-0.39, 0.29) is 24.2 Å². The van der Waals surface area contributed by atoms with Crippen LogP contribution >= 0.6 is 0 Å². The zero-order valence-corrected chi connectivity index (χ0v) is 15.6. The number of nitrogens with one attached hydrogen (secondary N) is 1. The molecule has 0 aromatic heterocycles. The van der Waals surface area contributed by atoms with Crippen LogP contribution in [-0.4, -0.2) is 42.6 Å². The number of morpholine rings is 1. The number of piperidine rings is 1. The standard InChI is InChI=1S/C22H30N2O2/c25-20-16-26-19-15-24(18-13-21(14-18)9-5-2-6-10-21)12-11-22(19,23-20)17-7-3-1-4-8-17/h1,3-4,7-8,18-19H,2,5-6,9-16H2,(H,23,25)/t19-,22+/m1/s1. The summed E-state index contributed by atoms with van der Waals surface area (Å²) in [5, 5.41) is 3.31. The summed E-state index contributed by atoms with van der Waals surface area (Å²) < 4.78 is 6.08. The first kappa shape index (κ1) is 16.8. The second-order valence-electron chi connectivity index (χ2n) is 9.05. The van der Waals surface area contributed by atoms with Crippen molar-refractivity contribution in [2.45, 2.75) is 69.1 Å². The van der Waals surface area contributed by atoms with Gasteiger partial charge in [0.2, 0.25) is 5.91 Å². The molecule has 1 aromatic rings. The molecule has 1 amide bonds. The summed E-state index contributed by atoms with van der Waals surface area (Å²) in [4.78, 5) is 14.8. The largest absolute Gasteiger partial charge is 0.364 e. The van der Waals surface area contributed by atoms with Crippen LogP contribution in [0.2, 0.25) is 0 Å². The SMILES string of the molecule is O=C1CO[C@@H]2CN(C3CC4(CCCCC4)C3)CC[C@@]2(c2ccccc2)N1. The number of amides is 1. The van der Waals surface area contributed by atoms with Crippen LogP contribution < -0.4 is 5.32 Å². The quantitative estimate of drug-likeness (QED) is 0.887. The molecule has 4 heteroatoms. The van der Waals surface area contributed by atoms with Crippen molar-refractivity contribution in [3.8, 4) is 0 Å². The molecule has 2 heterocycles. The maximum Gasteiger partial charge on any atom is 0.246 e. The van der Waals surface area contributed by atoms with Gasteiger partial charge in [0, 0.05) is 19.1 Å². The maximum atomic E-state index is 12.1. The highest BCUT2D eigenvalue weighted by Gasteiger charge is 2.53. The Bertz CT molecular complexity index is 662. The number of ether oxygens (including phenoxy) is 1. The number of hydrogen-bond acceptors (Lipinski definition) is 3. The number of nitrogens with zero attached hydrogens (tertiary/aromatic N) is 1. The summed E-state index contributed by atoms with van der Waals surface area (Å²) in [6, 6.07) is 11.2. The van der Waals surface area contributed by atoms with E-state index in [0.29, 0.717) is 5.41 Å². The van der Waals surface area contributed by atoms with Crippen LogP contribution in [0.1, 0.15) is 56.9 Å². The number of benzene rings is 1. The number of rotatable bonds is 2. The van der Waals surface area contributed by atoms with Gasteiger partial charge in [0.1, 0.15) is 6.61 Å². The van der Waals surface area contributed by atoms with Crippen molar-refractivity contribution in [3.05, 3.63) is 35.9 Å². The lowest BCUT2D eigenvalue weighted by molar-refractivity contribution is -0.158. The number of likely N-dealkylation sites (tertiary alicyclic amines) is 1. The van der Waals surface area contributed by atoms with E-state index in [1.807, 2.05) is 6.07 Å². The molecule has 2 aliphatic heterocycles. The van der Waals surface area contributed by atoms with Crippen LogP contribution in [0.3, 0.4) is 0 Å². The van der Waals surface area contributed by atoms with Gasteiger partial charge >= 0.3 is 0 Å². The third-order valence-corrected chi connectivity index (χ3v) is 7.58. The monoisotopic (exact) mass is 354 g/mol. The average Bonchev–Trinajstić information content (AvgIpc) is 2.67. The molecule has 0 radical (unpaired) electrons. The molecule has 4 nitrogen and oxygen atoms in total. The molecule has 0 unspecified atom stereocenters. The average molecular weight is 354 g/mol. The number of fused-ring (bicyclic) bond motifs is 1. The third-order valence-electron chi connectivity index (χ3n) is 7.58. The fraction of sp³-hybridized carbons (Fsp3) is 0.682. The normalized spacial score (nSPS) is 34.8. The van der Waals surface area contributed by atoms with Crippen molar-refractivity contribution < 1.29 is 9.53 Å². The zero-order valence-electron chi connectivity index (χ0n) is 15.6. The first-order valence-electron chi connectivity index (χ1n) is 10.4. The van der Waals surface area contributed by atoms with E-state index in [2.05, 4.69) is 34.5 Å². The van der Waals surface area contributed by atoms with Gasteiger partial charge in [-0.05, 0) is 43.1 Å². The molecule has 2 atom stereocenters. The Labute approximate surface area is 156 Å². The van der Waals surface area contributed by atoms with Gasteiger partial charge in [-0.3, -0.25) is 9.69 Å². The predicted molar refractivity (Wildman–Crippen MR) is 101 cm³/mol. The summed E-state index contributed by atoms with van der Waals surface area (Å²) in [6.45, 7) is 2.19. The van der Waals surface area contributed by atoms with Crippen LogP contribution in [0, 0.1) is 5.41 Å². The van der Waals surface area contributed by atoms with E-state index < -0.39 is 0 Å². The minimum Gasteiger partial charge on any atom is -0.364 e. The highest BCUT2D eigenvalue weighted by atomic mass is 16.5. The molecule has 2 saturated carbocycles. The first-order valence-corrected chi connectivity index (χ1v) is 10.4.